The smallest absolute Gasteiger partial charge is 0.251 e. The van der Waals surface area contributed by atoms with Crippen molar-refractivity contribution in [2.24, 2.45) is 5.41 Å². The van der Waals surface area contributed by atoms with Crippen molar-refractivity contribution in [1.29, 1.82) is 0 Å². The number of imidazole rings is 1. The van der Waals surface area contributed by atoms with Gasteiger partial charge in [0, 0.05) is 36.3 Å². The Labute approximate surface area is 158 Å². The van der Waals surface area contributed by atoms with Gasteiger partial charge >= 0.3 is 0 Å². The van der Waals surface area contributed by atoms with Crippen LogP contribution in [0.3, 0.4) is 0 Å². The summed E-state index contributed by atoms with van der Waals surface area (Å²) in [5.41, 5.74) is 4.60. The van der Waals surface area contributed by atoms with E-state index in [0.29, 0.717) is 18.7 Å². The molecular weight excluding hydrogens is 342 g/mol. The number of carbonyl (C=O) groups is 1. The zero-order valence-corrected chi connectivity index (χ0v) is 15.8. The average molecular weight is 367 g/mol. The third kappa shape index (κ3) is 3.60. The molecule has 1 saturated carbocycles. The highest BCUT2D eigenvalue weighted by Gasteiger charge is 2.43. The number of nitrogens with zero attached hydrogens (tertiary/aromatic N) is 4. The van der Waals surface area contributed by atoms with E-state index < -0.39 is 0 Å². The summed E-state index contributed by atoms with van der Waals surface area (Å²) in [6.07, 6.45) is 3.91. The van der Waals surface area contributed by atoms with Gasteiger partial charge in [0.05, 0.1) is 29.7 Å². The van der Waals surface area contributed by atoms with E-state index in [1.807, 2.05) is 28.3 Å². The van der Waals surface area contributed by atoms with Gasteiger partial charge in [-0.2, -0.15) is 5.10 Å². The summed E-state index contributed by atoms with van der Waals surface area (Å²) < 4.78 is 3.93. The molecule has 1 fully saturated rings. The number of hydrogen-bond donors (Lipinski definition) is 2. The Kier molecular flexibility index (Phi) is 4.47. The molecule has 1 aliphatic rings. The van der Waals surface area contributed by atoms with Gasteiger partial charge in [-0.1, -0.05) is 0 Å². The van der Waals surface area contributed by atoms with Gasteiger partial charge in [-0.05, 0) is 51.0 Å². The van der Waals surface area contributed by atoms with E-state index in [0.717, 1.165) is 41.8 Å². The van der Waals surface area contributed by atoms with Crippen molar-refractivity contribution >= 4 is 16.9 Å². The second kappa shape index (κ2) is 6.81. The Bertz CT molecular complexity index is 984. The third-order valence-corrected chi connectivity index (χ3v) is 5.39. The van der Waals surface area contributed by atoms with E-state index in [1.54, 1.807) is 12.4 Å². The number of aryl methyl sites for hydroxylation is 2. The Balaban J connectivity index is 1.42. The lowest BCUT2D eigenvalue weighted by molar-refractivity contribution is 0.0942. The molecule has 2 heterocycles. The number of aliphatic hydroxyl groups excluding tert-OH is 1. The summed E-state index contributed by atoms with van der Waals surface area (Å²) in [4.78, 5) is 16.9. The molecule has 0 radical (unpaired) electrons. The van der Waals surface area contributed by atoms with Gasteiger partial charge in [0.25, 0.3) is 5.91 Å². The molecule has 4 rings (SSSR count). The molecule has 1 aliphatic carbocycles. The van der Waals surface area contributed by atoms with Gasteiger partial charge in [0.1, 0.15) is 0 Å². The van der Waals surface area contributed by atoms with Gasteiger partial charge in [-0.3, -0.25) is 9.48 Å². The number of rotatable bonds is 7. The van der Waals surface area contributed by atoms with Gasteiger partial charge in [0.15, 0.2) is 0 Å². The molecule has 0 spiro atoms. The number of amides is 1. The summed E-state index contributed by atoms with van der Waals surface area (Å²) in [6.45, 7) is 6.13. The molecule has 0 aliphatic heterocycles. The Hall–Kier alpha value is -2.67. The number of aliphatic hydroxyl groups is 1. The standard InChI is InChI=1S/C20H25N5O2/c1-14-9-15(2)25(23-14)12-20(5-6-20)11-21-19(27)16-3-4-18-17(10-16)22-13-24(18)7-8-26/h3-4,9-10,13,26H,5-8,11-12H2,1-2H3,(H,21,27). The maximum Gasteiger partial charge on any atom is 0.251 e. The van der Waals surface area contributed by atoms with Crippen LogP contribution < -0.4 is 5.32 Å². The number of carbonyl (C=O) groups excluding carboxylic acids is 1. The second-order valence-corrected chi connectivity index (χ2v) is 7.63. The van der Waals surface area contributed by atoms with Crippen LogP contribution in [-0.2, 0) is 13.1 Å². The van der Waals surface area contributed by atoms with Crippen molar-refractivity contribution < 1.29 is 9.90 Å². The summed E-state index contributed by atoms with van der Waals surface area (Å²) in [5, 5.41) is 16.7. The Morgan fingerprint density at radius 1 is 1.30 bits per heavy atom. The number of benzene rings is 1. The largest absolute Gasteiger partial charge is 0.395 e. The van der Waals surface area contributed by atoms with Crippen LogP contribution in [0.4, 0.5) is 0 Å². The topological polar surface area (TPSA) is 85.0 Å². The summed E-state index contributed by atoms with van der Waals surface area (Å²) >= 11 is 0. The van der Waals surface area contributed by atoms with E-state index >= 15 is 0 Å². The molecule has 7 heteroatoms. The van der Waals surface area contributed by atoms with Crippen molar-refractivity contribution in [3.63, 3.8) is 0 Å². The molecule has 0 bridgehead atoms. The maximum atomic E-state index is 12.6. The van der Waals surface area contributed by atoms with Crippen LogP contribution in [0.1, 0.15) is 34.6 Å². The zero-order valence-electron chi connectivity index (χ0n) is 15.8. The highest BCUT2D eigenvalue weighted by atomic mass is 16.3. The van der Waals surface area contributed by atoms with Crippen LogP contribution in [0.25, 0.3) is 11.0 Å². The maximum absolute atomic E-state index is 12.6. The molecule has 3 aromatic rings. The zero-order chi connectivity index (χ0) is 19.0. The second-order valence-electron chi connectivity index (χ2n) is 7.63. The minimum Gasteiger partial charge on any atom is -0.395 e. The lowest BCUT2D eigenvalue weighted by Crippen LogP contribution is -2.32. The predicted octanol–water partition coefficient (Wildman–Crippen LogP) is 2.05. The third-order valence-electron chi connectivity index (χ3n) is 5.39. The van der Waals surface area contributed by atoms with Gasteiger partial charge < -0.3 is 15.0 Å². The monoisotopic (exact) mass is 367 g/mol. The minimum absolute atomic E-state index is 0.0605. The quantitative estimate of drug-likeness (QED) is 0.669. The van der Waals surface area contributed by atoms with Crippen LogP contribution in [-0.4, -0.2) is 43.5 Å². The van der Waals surface area contributed by atoms with Crippen molar-refractivity contribution in [2.45, 2.75) is 39.8 Å². The van der Waals surface area contributed by atoms with Crippen LogP contribution in [0.15, 0.2) is 30.6 Å². The first kappa shape index (κ1) is 17.7. The lowest BCUT2D eigenvalue weighted by Gasteiger charge is -2.17. The normalized spacial score (nSPS) is 15.2. The molecule has 1 amide bonds. The summed E-state index contributed by atoms with van der Waals surface area (Å²) in [5.74, 6) is -0.0757. The molecule has 1 aromatic carbocycles. The van der Waals surface area contributed by atoms with E-state index in [1.165, 1.54) is 0 Å². The van der Waals surface area contributed by atoms with Crippen LogP contribution in [0.5, 0.6) is 0 Å². The first-order chi connectivity index (χ1) is 13.0. The Morgan fingerprint density at radius 3 is 2.78 bits per heavy atom. The molecule has 142 valence electrons. The van der Waals surface area contributed by atoms with Crippen molar-refractivity contribution in [2.75, 3.05) is 13.2 Å². The van der Waals surface area contributed by atoms with Gasteiger partial charge in [-0.15, -0.1) is 0 Å². The molecule has 0 unspecified atom stereocenters. The summed E-state index contributed by atoms with van der Waals surface area (Å²) in [7, 11) is 0. The SMILES string of the molecule is Cc1cc(C)n(CC2(CNC(=O)c3ccc4c(c3)ncn4CCO)CC2)n1. The summed E-state index contributed by atoms with van der Waals surface area (Å²) in [6, 6.07) is 7.59. The first-order valence-electron chi connectivity index (χ1n) is 9.35. The van der Waals surface area contributed by atoms with Gasteiger partial charge in [-0.25, -0.2) is 4.98 Å². The number of hydrogen-bond acceptors (Lipinski definition) is 4. The Morgan fingerprint density at radius 2 is 2.11 bits per heavy atom. The van der Waals surface area contributed by atoms with Crippen LogP contribution in [0, 0.1) is 19.3 Å². The molecule has 7 nitrogen and oxygen atoms in total. The van der Waals surface area contributed by atoms with Crippen LogP contribution >= 0.6 is 0 Å². The molecule has 2 aromatic heterocycles. The number of fused-ring (bicyclic) bond motifs is 1. The minimum atomic E-state index is -0.0757. The first-order valence-corrected chi connectivity index (χ1v) is 9.35. The van der Waals surface area contributed by atoms with E-state index in [4.69, 9.17) is 5.11 Å². The number of nitrogens with one attached hydrogen (secondary N) is 1. The molecule has 27 heavy (non-hydrogen) atoms. The highest BCUT2D eigenvalue weighted by Crippen LogP contribution is 2.46. The number of aromatic nitrogens is 4. The average Bonchev–Trinajstić information content (AvgIpc) is 3.19. The fraction of sp³-hybridized carbons (Fsp3) is 0.450. The van der Waals surface area contributed by atoms with Crippen molar-refractivity contribution in [3.05, 3.63) is 47.5 Å². The molecule has 0 saturated heterocycles. The fourth-order valence-electron chi connectivity index (χ4n) is 3.58. The lowest BCUT2D eigenvalue weighted by atomic mass is 10.1. The fourth-order valence-corrected chi connectivity index (χ4v) is 3.58. The molecular formula is C20H25N5O2. The van der Waals surface area contributed by atoms with Crippen molar-refractivity contribution in [3.8, 4) is 0 Å². The molecule has 0 atom stereocenters. The van der Waals surface area contributed by atoms with Gasteiger partial charge in [0.2, 0.25) is 0 Å². The van der Waals surface area contributed by atoms with E-state index in [2.05, 4.69) is 28.4 Å². The van der Waals surface area contributed by atoms with Crippen LogP contribution in [0.2, 0.25) is 0 Å². The van der Waals surface area contributed by atoms with E-state index in [9.17, 15) is 4.79 Å². The highest BCUT2D eigenvalue weighted by molar-refractivity contribution is 5.97. The van der Waals surface area contributed by atoms with Crippen molar-refractivity contribution in [1.82, 2.24) is 24.6 Å². The molecule has 2 N–H and O–H groups in total. The van der Waals surface area contributed by atoms with E-state index in [-0.39, 0.29) is 17.9 Å². The predicted molar refractivity (Wildman–Crippen MR) is 103 cm³/mol.